The van der Waals surface area contributed by atoms with E-state index in [0.29, 0.717) is 13.2 Å². The Morgan fingerprint density at radius 2 is 1.84 bits per heavy atom. The number of aryl methyl sites for hydroxylation is 2. The summed E-state index contributed by atoms with van der Waals surface area (Å²) in [5.41, 5.74) is 2.73. The van der Waals surface area contributed by atoms with Crippen molar-refractivity contribution in [3.8, 4) is 0 Å². The van der Waals surface area contributed by atoms with Gasteiger partial charge in [-0.3, -0.25) is 4.79 Å². The van der Waals surface area contributed by atoms with Gasteiger partial charge in [-0.05, 0) is 40.2 Å². The van der Waals surface area contributed by atoms with Crippen molar-refractivity contribution in [3.05, 3.63) is 34.9 Å². The smallest absolute Gasteiger partial charge is 0.188 e. The van der Waals surface area contributed by atoms with Crippen LogP contribution in [0, 0.1) is 13.8 Å². The lowest BCUT2D eigenvalue weighted by Gasteiger charge is -2.19. The fourth-order valence-electron chi connectivity index (χ4n) is 1.78. The molecule has 1 rings (SSSR count). The third-order valence-corrected chi connectivity index (χ3v) is 2.68. The molecule has 19 heavy (non-hydrogen) atoms. The third-order valence-electron chi connectivity index (χ3n) is 2.68. The van der Waals surface area contributed by atoms with Crippen molar-refractivity contribution in [2.45, 2.75) is 40.2 Å². The lowest BCUT2D eigenvalue weighted by molar-refractivity contribution is -0.0324. The van der Waals surface area contributed by atoms with Crippen LogP contribution in [0.2, 0.25) is 0 Å². The molecule has 0 spiro atoms. The summed E-state index contributed by atoms with van der Waals surface area (Å²) in [6.07, 6.45) is 0. The van der Waals surface area contributed by atoms with Gasteiger partial charge in [-0.1, -0.05) is 23.8 Å². The average molecular weight is 264 g/mol. The summed E-state index contributed by atoms with van der Waals surface area (Å²) < 4.78 is 10.9. The predicted octanol–water partition coefficient (Wildman–Crippen LogP) is 3.32. The number of hydrogen-bond donors (Lipinski definition) is 0. The number of carbonyl (C=O) groups excluding carboxylic acids is 1. The standard InChI is InChI=1S/C16H24O3/c1-12-6-7-14(13(2)10-12)15(17)11-18-8-9-19-16(3,4)5/h6-7,10H,8-9,11H2,1-5H3. The molecule has 0 aromatic heterocycles. The van der Waals surface area contributed by atoms with Crippen LogP contribution in [0.3, 0.4) is 0 Å². The van der Waals surface area contributed by atoms with Crippen LogP contribution in [-0.4, -0.2) is 31.2 Å². The molecule has 1 aromatic rings. The minimum absolute atomic E-state index is 0.0215. The van der Waals surface area contributed by atoms with Gasteiger partial charge in [-0.15, -0.1) is 0 Å². The van der Waals surface area contributed by atoms with Crippen LogP contribution < -0.4 is 0 Å². The minimum atomic E-state index is -0.166. The van der Waals surface area contributed by atoms with Crippen molar-refractivity contribution in [2.24, 2.45) is 0 Å². The molecule has 0 unspecified atom stereocenters. The monoisotopic (exact) mass is 264 g/mol. The first-order valence-corrected chi connectivity index (χ1v) is 6.62. The Balaban J connectivity index is 2.36. The number of rotatable bonds is 6. The van der Waals surface area contributed by atoms with E-state index in [4.69, 9.17) is 9.47 Å². The Kier molecular flexibility index (Phi) is 5.70. The maximum absolute atomic E-state index is 12.0. The van der Waals surface area contributed by atoms with E-state index in [1.807, 2.05) is 52.8 Å². The number of benzene rings is 1. The van der Waals surface area contributed by atoms with Gasteiger partial charge in [0.05, 0.1) is 18.8 Å². The molecule has 0 heterocycles. The molecule has 0 radical (unpaired) electrons. The zero-order chi connectivity index (χ0) is 14.5. The highest BCUT2D eigenvalue weighted by Crippen LogP contribution is 2.11. The third kappa shape index (κ3) is 5.99. The number of carbonyl (C=O) groups is 1. The average Bonchev–Trinajstić information content (AvgIpc) is 2.26. The lowest BCUT2D eigenvalue weighted by atomic mass is 10.0. The minimum Gasteiger partial charge on any atom is -0.373 e. The van der Waals surface area contributed by atoms with Crippen molar-refractivity contribution in [1.82, 2.24) is 0 Å². The van der Waals surface area contributed by atoms with Crippen molar-refractivity contribution in [2.75, 3.05) is 19.8 Å². The molecule has 0 N–H and O–H groups in total. The SMILES string of the molecule is Cc1ccc(C(=O)COCCOC(C)(C)C)c(C)c1. The van der Waals surface area contributed by atoms with Crippen LogP contribution in [0.15, 0.2) is 18.2 Å². The van der Waals surface area contributed by atoms with E-state index >= 15 is 0 Å². The number of hydrogen-bond acceptors (Lipinski definition) is 3. The van der Waals surface area contributed by atoms with Crippen LogP contribution in [-0.2, 0) is 9.47 Å². The highest BCUT2D eigenvalue weighted by atomic mass is 16.5. The molecule has 0 bridgehead atoms. The largest absolute Gasteiger partial charge is 0.373 e. The quantitative estimate of drug-likeness (QED) is 0.584. The van der Waals surface area contributed by atoms with Crippen molar-refractivity contribution in [1.29, 1.82) is 0 Å². The van der Waals surface area contributed by atoms with Crippen molar-refractivity contribution in [3.63, 3.8) is 0 Å². The summed E-state index contributed by atoms with van der Waals surface area (Å²) in [6.45, 7) is 11.0. The normalized spacial score (nSPS) is 11.6. The van der Waals surface area contributed by atoms with E-state index in [0.717, 1.165) is 16.7 Å². The highest BCUT2D eigenvalue weighted by molar-refractivity contribution is 5.98. The predicted molar refractivity (Wildman–Crippen MR) is 76.8 cm³/mol. The molecule has 0 fully saturated rings. The first-order valence-electron chi connectivity index (χ1n) is 6.62. The molecule has 3 nitrogen and oxygen atoms in total. The van der Waals surface area contributed by atoms with Crippen LogP contribution in [0.25, 0.3) is 0 Å². The highest BCUT2D eigenvalue weighted by Gasteiger charge is 2.11. The van der Waals surface area contributed by atoms with Gasteiger partial charge in [-0.25, -0.2) is 0 Å². The zero-order valence-corrected chi connectivity index (χ0v) is 12.6. The van der Waals surface area contributed by atoms with Gasteiger partial charge in [-0.2, -0.15) is 0 Å². The maximum atomic E-state index is 12.0. The van der Waals surface area contributed by atoms with E-state index < -0.39 is 0 Å². The molecule has 3 heteroatoms. The van der Waals surface area contributed by atoms with Crippen LogP contribution in [0.5, 0.6) is 0 Å². The summed E-state index contributed by atoms with van der Waals surface area (Å²) in [5, 5.41) is 0. The lowest BCUT2D eigenvalue weighted by Crippen LogP contribution is -2.22. The molecular formula is C16H24O3. The first-order chi connectivity index (χ1) is 8.79. The summed E-state index contributed by atoms with van der Waals surface area (Å²) >= 11 is 0. The Labute approximate surface area is 115 Å². The molecule has 0 saturated carbocycles. The molecule has 0 aliphatic rings. The van der Waals surface area contributed by atoms with Gasteiger partial charge in [0.25, 0.3) is 0 Å². The second kappa shape index (κ2) is 6.83. The van der Waals surface area contributed by atoms with Crippen molar-refractivity contribution < 1.29 is 14.3 Å². The van der Waals surface area contributed by atoms with Crippen LogP contribution in [0.1, 0.15) is 42.3 Å². The molecular weight excluding hydrogens is 240 g/mol. The van der Waals surface area contributed by atoms with E-state index in [9.17, 15) is 4.79 Å². The van der Waals surface area contributed by atoms with Gasteiger partial charge in [0, 0.05) is 5.56 Å². The first kappa shape index (κ1) is 15.9. The molecule has 0 amide bonds. The maximum Gasteiger partial charge on any atom is 0.188 e. The fraction of sp³-hybridized carbons (Fsp3) is 0.562. The Bertz CT molecular complexity index is 430. The Morgan fingerprint density at radius 3 is 2.42 bits per heavy atom. The summed E-state index contributed by atoms with van der Waals surface area (Å²) in [7, 11) is 0. The van der Waals surface area contributed by atoms with Crippen LogP contribution >= 0.6 is 0 Å². The summed E-state index contributed by atoms with van der Waals surface area (Å²) in [5.74, 6) is 0.0215. The molecule has 1 aromatic carbocycles. The molecule has 0 atom stereocenters. The van der Waals surface area contributed by atoms with E-state index in [1.165, 1.54) is 0 Å². The zero-order valence-electron chi connectivity index (χ0n) is 12.6. The number of ketones is 1. The van der Waals surface area contributed by atoms with Gasteiger partial charge >= 0.3 is 0 Å². The van der Waals surface area contributed by atoms with Crippen molar-refractivity contribution >= 4 is 5.78 Å². The van der Waals surface area contributed by atoms with E-state index in [-0.39, 0.29) is 18.0 Å². The number of ether oxygens (including phenoxy) is 2. The van der Waals surface area contributed by atoms with Gasteiger partial charge in [0.15, 0.2) is 5.78 Å². The topological polar surface area (TPSA) is 35.5 Å². The van der Waals surface area contributed by atoms with Gasteiger partial charge in [0.1, 0.15) is 6.61 Å². The van der Waals surface area contributed by atoms with E-state index in [1.54, 1.807) is 0 Å². The second-order valence-electron chi connectivity index (χ2n) is 5.75. The molecule has 0 aliphatic heterocycles. The molecule has 0 saturated heterocycles. The second-order valence-corrected chi connectivity index (χ2v) is 5.75. The molecule has 106 valence electrons. The molecule has 0 aliphatic carbocycles. The number of Topliss-reactive ketones (excluding diaryl/α,β-unsaturated/α-hetero) is 1. The van der Waals surface area contributed by atoms with Crippen LogP contribution in [0.4, 0.5) is 0 Å². The van der Waals surface area contributed by atoms with Gasteiger partial charge in [0.2, 0.25) is 0 Å². The summed E-state index contributed by atoms with van der Waals surface area (Å²) in [6, 6.07) is 5.82. The van der Waals surface area contributed by atoms with Gasteiger partial charge < -0.3 is 9.47 Å². The Hall–Kier alpha value is -1.19. The Morgan fingerprint density at radius 1 is 1.16 bits per heavy atom. The fourth-order valence-corrected chi connectivity index (χ4v) is 1.78. The van der Waals surface area contributed by atoms with E-state index in [2.05, 4.69) is 0 Å². The summed E-state index contributed by atoms with van der Waals surface area (Å²) in [4.78, 5) is 12.0.